The zero-order valence-corrected chi connectivity index (χ0v) is 9.05. The predicted octanol–water partition coefficient (Wildman–Crippen LogP) is 4.01. The fourth-order valence-electron chi connectivity index (χ4n) is 1.01. The molecule has 0 aliphatic carbocycles. The van der Waals surface area contributed by atoms with E-state index in [1.165, 1.54) is 0 Å². The van der Waals surface area contributed by atoms with Gasteiger partial charge in [-0.05, 0) is 19.1 Å². The molecule has 0 amide bonds. The summed E-state index contributed by atoms with van der Waals surface area (Å²) in [7, 11) is 0. The molecule has 0 spiro atoms. The molecule has 0 aliphatic heterocycles. The zero-order chi connectivity index (χ0) is 10.4. The SMILES string of the molecule is C=CC=N/C(=C\C)c1ccc(C=C)s1. The van der Waals surface area contributed by atoms with Gasteiger partial charge in [0.15, 0.2) is 0 Å². The monoisotopic (exact) mass is 203 g/mol. The average Bonchev–Trinajstić information content (AvgIpc) is 2.68. The van der Waals surface area contributed by atoms with Crippen molar-refractivity contribution in [2.24, 2.45) is 4.99 Å². The Kier molecular flexibility index (Phi) is 4.08. The molecular formula is C12H13NS. The molecule has 1 aromatic rings. The number of hydrogen-bond donors (Lipinski definition) is 0. The highest BCUT2D eigenvalue weighted by molar-refractivity contribution is 7.14. The number of thiophene rings is 1. The summed E-state index contributed by atoms with van der Waals surface area (Å²) in [5.41, 5.74) is 0.975. The second kappa shape index (κ2) is 5.35. The van der Waals surface area contributed by atoms with E-state index in [4.69, 9.17) is 0 Å². The van der Waals surface area contributed by atoms with Crippen LogP contribution >= 0.6 is 11.3 Å². The van der Waals surface area contributed by atoms with Gasteiger partial charge in [0.05, 0.1) is 10.6 Å². The highest BCUT2D eigenvalue weighted by Crippen LogP contribution is 2.25. The van der Waals surface area contributed by atoms with E-state index in [0.29, 0.717) is 0 Å². The summed E-state index contributed by atoms with van der Waals surface area (Å²) in [6.07, 6.45) is 7.20. The van der Waals surface area contributed by atoms with E-state index in [-0.39, 0.29) is 0 Å². The van der Waals surface area contributed by atoms with Gasteiger partial charge in [0.1, 0.15) is 0 Å². The second-order valence-electron chi connectivity index (χ2n) is 2.59. The number of aliphatic imine (C=N–C) groups is 1. The van der Waals surface area contributed by atoms with E-state index < -0.39 is 0 Å². The van der Waals surface area contributed by atoms with Crippen molar-refractivity contribution in [2.45, 2.75) is 6.92 Å². The summed E-state index contributed by atoms with van der Waals surface area (Å²) in [6, 6.07) is 4.09. The van der Waals surface area contributed by atoms with Gasteiger partial charge in [-0.3, -0.25) is 4.99 Å². The minimum absolute atomic E-state index is 0.975. The van der Waals surface area contributed by atoms with Crippen LogP contribution in [-0.2, 0) is 0 Å². The third kappa shape index (κ3) is 2.54. The Morgan fingerprint density at radius 2 is 2.21 bits per heavy atom. The molecule has 1 heterocycles. The Hall–Kier alpha value is -1.41. The molecule has 0 unspecified atom stereocenters. The van der Waals surface area contributed by atoms with Crippen LogP contribution in [0.25, 0.3) is 11.8 Å². The summed E-state index contributed by atoms with van der Waals surface area (Å²) in [6.45, 7) is 9.30. The molecule has 0 aromatic carbocycles. The lowest BCUT2D eigenvalue weighted by Gasteiger charge is -1.94. The fraction of sp³-hybridized carbons (Fsp3) is 0.0833. The highest BCUT2D eigenvalue weighted by Gasteiger charge is 2.00. The molecular weight excluding hydrogens is 190 g/mol. The third-order valence-electron chi connectivity index (χ3n) is 1.67. The van der Waals surface area contributed by atoms with Crippen molar-refractivity contribution in [1.82, 2.24) is 0 Å². The largest absolute Gasteiger partial charge is 0.256 e. The Balaban J connectivity index is 2.95. The molecule has 0 N–H and O–H groups in total. The first-order valence-corrected chi connectivity index (χ1v) is 5.17. The Labute approximate surface area is 88.8 Å². The fourth-order valence-corrected chi connectivity index (χ4v) is 1.90. The van der Waals surface area contributed by atoms with Crippen LogP contribution in [-0.4, -0.2) is 6.21 Å². The molecule has 1 rings (SSSR count). The molecule has 0 saturated heterocycles. The number of allylic oxidation sites excluding steroid dienone is 2. The van der Waals surface area contributed by atoms with E-state index >= 15 is 0 Å². The van der Waals surface area contributed by atoms with Gasteiger partial charge in [0.2, 0.25) is 0 Å². The third-order valence-corrected chi connectivity index (χ3v) is 2.78. The molecule has 2 heteroatoms. The van der Waals surface area contributed by atoms with Crippen LogP contribution in [0.3, 0.4) is 0 Å². The van der Waals surface area contributed by atoms with Gasteiger partial charge in [-0.1, -0.05) is 31.4 Å². The van der Waals surface area contributed by atoms with Crippen LogP contribution in [0.2, 0.25) is 0 Å². The number of hydrogen-bond acceptors (Lipinski definition) is 2. The first-order chi connectivity index (χ1) is 6.81. The molecule has 0 saturated carbocycles. The van der Waals surface area contributed by atoms with E-state index in [1.807, 2.05) is 25.1 Å². The summed E-state index contributed by atoms with van der Waals surface area (Å²) < 4.78 is 0. The van der Waals surface area contributed by atoms with Crippen LogP contribution in [0.1, 0.15) is 16.7 Å². The normalized spacial score (nSPS) is 11.9. The highest BCUT2D eigenvalue weighted by atomic mass is 32.1. The molecule has 0 bridgehead atoms. The Morgan fingerprint density at radius 1 is 1.43 bits per heavy atom. The van der Waals surface area contributed by atoms with Crippen molar-refractivity contribution in [1.29, 1.82) is 0 Å². The van der Waals surface area contributed by atoms with Crippen LogP contribution in [0, 0.1) is 0 Å². The van der Waals surface area contributed by atoms with Crippen LogP contribution < -0.4 is 0 Å². The Morgan fingerprint density at radius 3 is 2.71 bits per heavy atom. The molecule has 1 nitrogen and oxygen atoms in total. The van der Waals surface area contributed by atoms with Crippen molar-refractivity contribution < 1.29 is 0 Å². The van der Waals surface area contributed by atoms with Crippen LogP contribution in [0.15, 0.2) is 42.4 Å². The van der Waals surface area contributed by atoms with E-state index in [1.54, 1.807) is 23.6 Å². The molecule has 72 valence electrons. The van der Waals surface area contributed by atoms with E-state index in [2.05, 4.69) is 24.2 Å². The lowest BCUT2D eigenvalue weighted by molar-refractivity contribution is 1.56. The summed E-state index contributed by atoms with van der Waals surface area (Å²) >= 11 is 1.68. The van der Waals surface area contributed by atoms with Crippen molar-refractivity contribution in [2.75, 3.05) is 0 Å². The maximum Gasteiger partial charge on any atom is 0.0759 e. The lowest BCUT2D eigenvalue weighted by Crippen LogP contribution is -1.73. The smallest absolute Gasteiger partial charge is 0.0759 e. The number of nitrogens with zero attached hydrogens (tertiary/aromatic N) is 1. The quantitative estimate of drug-likeness (QED) is 0.656. The molecule has 0 radical (unpaired) electrons. The van der Waals surface area contributed by atoms with E-state index in [9.17, 15) is 0 Å². The molecule has 0 atom stereocenters. The van der Waals surface area contributed by atoms with Crippen molar-refractivity contribution in [3.8, 4) is 0 Å². The molecule has 1 aromatic heterocycles. The minimum Gasteiger partial charge on any atom is -0.256 e. The molecule has 14 heavy (non-hydrogen) atoms. The topological polar surface area (TPSA) is 12.4 Å². The van der Waals surface area contributed by atoms with Gasteiger partial charge in [-0.25, -0.2) is 0 Å². The lowest BCUT2D eigenvalue weighted by atomic mass is 10.3. The standard InChI is InChI=1S/C12H13NS/c1-4-9-13-11(6-3)12-8-7-10(5-2)14-12/h4-9H,1-2H2,3H3/b11-6-,13-9?. The summed E-state index contributed by atoms with van der Waals surface area (Å²) in [4.78, 5) is 6.59. The number of rotatable bonds is 4. The van der Waals surface area contributed by atoms with Gasteiger partial charge in [-0.2, -0.15) is 0 Å². The van der Waals surface area contributed by atoms with Crippen LogP contribution in [0.5, 0.6) is 0 Å². The van der Waals surface area contributed by atoms with Crippen LogP contribution in [0.4, 0.5) is 0 Å². The molecule has 0 aliphatic rings. The van der Waals surface area contributed by atoms with Gasteiger partial charge in [0, 0.05) is 11.1 Å². The van der Waals surface area contributed by atoms with Gasteiger partial charge in [-0.15, -0.1) is 11.3 Å². The van der Waals surface area contributed by atoms with Crippen molar-refractivity contribution in [3.63, 3.8) is 0 Å². The van der Waals surface area contributed by atoms with Gasteiger partial charge >= 0.3 is 0 Å². The van der Waals surface area contributed by atoms with Gasteiger partial charge in [0.25, 0.3) is 0 Å². The summed E-state index contributed by atoms with van der Waals surface area (Å²) in [5, 5.41) is 0. The Bertz CT molecular complexity index is 383. The van der Waals surface area contributed by atoms with Crippen molar-refractivity contribution >= 4 is 29.3 Å². The predicted molar refractivity (Wildman–Crippen MR) is 66.8 cm³/mol. The van der Waals surface area contributed by atoms with Crippen molar-refractivity contribution in [3.05, 3.63) is 47.2 Å². The summed E-state index contributed by atoms with van der Waals surface area (Å²) in [5.74, 6) is 0. The first-order valence-electron chi connectivity index (χ1n) is 4.36. The average molecular weight is 203 g/mol. The van der Waals surface area contributed by atoms with Gasteiger partial charge < -0.3 is 0 Å². The maximum atomic E-state index is 4.27. The maximum absolute atomic E-state index is 4.27. The zero-order valence-electron chi connectivity index (χ0n) is 8.23. The first kappa shape index (κ1) is 10.7. The second-order valence-corrected chi connectivity index (χ2v) is 3.71. The van der Waals surface area contributed by atoms with E-state index in [0.717, 1.165) is 15.5 Å². The molecule has 0 fully saturated rings. The minimum atomic E-state index is 0.975.